The van der Waals surface area contributed by atoms with Crippen LogP contribution in [0, 0.1) is 5.82 Å². The molecule has 0 saturated carbocycles. The van der Waals surface area contributed by atoms with Crippen LogP contribution in [0.3, 0.4) is 0 Å². The second-order valence-corrected chi connectivity index (χ2v) is 3.80. The summed E-state index contributed by atoms with van der Waals surface area (Å²) in [5.41, 5.74) is -0.948. The predicted molar refractivity (Wildman–Crippen MR) is 55.8 cm³/mol. The molecule has 9 heteroatoms. The smallest absolute Gasteiger partial charge is 0.382 e. The fourth-order valence-electron chi connectivity index (χ4n) is 1.44. The Morgan fingerprint density at radius 2 is 2.05 bits per heavy atom. The first-order valence-corrected chi connectivity index (χ1v) is 5.07. The Morgan fingerprint density at radius 3 is 2.68 bits per heavy atom. The zero-order valence-electron chi connectivity index (χ0n) is 9.23. The summed E-state index contributed by atoms with van der Waals surface area (Å²) in [5, 5.41) is 15.5. The molecule has 2 aromatic rings. The van der Waals surface area contributed by atoms with Gasteiger partial charge < -0.3 is 5.11 Å². The van der Waals surface area contributed by atoms with Crippen LogP contribution in [0.4, 0.5) is 17.6 Å². The van der Waals surface area contributed by atoms with Crippen LogP contribution in [-0.2, 0) is 6.54 Å². The van der Waals surface area contributed by atoms with Crippen LogP contribution in [0.1, 0.15) is 0 Å². The number of nitrogens with zero attached hydrogens (tertiary/aromatic N) is 3. The molecule has 2 rings (SSSR count). The highest BCUT2D eigenvalue weighted by molar-refractivity contribution is 5.76. The third kappa shape index (κ3) is 2.70. The van der Waals surface area contributed by atoms with Gasteiger partial charge in [0.2, 0.25) is 0 Å². The Labute approximate surface area is 103 Å². The third-order valence-electron chi connectivity index (χ3n) is 2.41. The summed E-state index contributed by atoms with van der Waals surface area (Å²) in [7, 11) is 0. The highest BCUT2D eigenvalue weighted by Gasteiger charge is 2.38. The van der Waals surface area contributed by atoms with Crippen LogP contribution in [0.25, 0.3) is 10.9 Å². The van der Waals surface area contributed by atoms with E-state index in [1.807, 2.05) is 0 Å². The van der Waals surface area contributed by atoms with Gasteiger partial charge in [0, 0.05) is 6.07 Å². The summed E-state index contributed by atoms with van der Waals surface area (Å²) >= 11 is 0. The van der Waals surface area contributed by atoms with E-state index < -0.39 is 30.2 Å². The molecule has 0 fully saturated rings. The van der Waals surface area contributed by atoms with Crippen molar-refractivity contribution in [3.63, 3.8) is 0 Å². The number of aliphatic hydroxyl groups excluding tert-OH is 1. The fraction of sp³-hybridized carbons (Fsp3) is 0.300. The fourth-order valence-corrected chi connectivity index (χ4v) is 1.44. The lowest BCUT2D eigenvalue weighted by atomic mass is 10.2. The summed E-state index contributed by atoms with van der Waals surface area (Å²) in [5.74, 6) is -0.644. The van der Waals surface area contributed by atoms with Crippen molar-refractivity contribution in [3.8, 4) is 0 Å². The standard InChI is InChI=1S/C10H7F4N3O2/c11-5-1-2-6-7(3-5)15-16-17(9(6)19)4-8(18)10(12,13)14/h1-3,8,18H,4H2. The Bertz CT molecular complexity index is 668. The molecule has 1 N–H and O–H groups in total. The quantitative estimate of drug-likeness (QED) is 0.826. The second-order valence-electron chi connectivity index (χ2n) is 3.80. The van der Waals surface area contributed by atoms with Gasteiger partial charge in [-0.15, -0.1) is 5.10 Å². The number of hydrogen-bond acceptors (Lipinski definition) is 4. The summed E-state index contributed by atoms with van der Waals surface area (Å²) < 4.78 is 49.8. The lowest BCUT2D eigenvalue weighted by Crippen LogP contribution is -2.37. The van der Waals surface area contributed by atoms with Crippen molar-refractivity contribution in [1.82, 2.24) is 15.0 Å². The van der Waals surface area contributed by atoms with E-state index >= 15 is 0 Å². The minimum absolute atomic E-state index is 0.0669. The van der Waals surface area contributed by atoms with Gasteiger partial charge in [-0.25, -0.2) is 9.07 Å². The number of hydrogen-bond donors (Lipinski definition) is 1. The lowest BCUT2D eigenvalue weighted by molar-refractivity contribution is -0.208. The molecule has 0 radical (unpaired) electrons. The number of rotatable bonds is 2. The molecule has 102 valence electrons. The van der Waals surface area contributed by atoms with Gasteiger partial charge in [0.05, 0.1) is 11.9 Å². The van der Waals surface area contributed by atoms with Crippen molar-refractivity contribution < 1.29 is 22.7 Å². The molecule has 5 nitrogen and oxygen atoms in total. The van der Waals surface area contributed by atoms with Crippen molar-refractivity contribution in [2.45, 2.75) is 18.8 Å². The molecule has 0 aliphatic carbocycles. The number of halogens is 4. The van der Waals surface area contributed by atoms with Gasteiger partial charge in [-0.3, -0.25) is 4.79 Å². The largest absolute Gasteiger partial charge is 0.416 e. The Morgan fingerprint density at radius 1 is 1.37 bits per heavy atom. The molecule has 1 unspecified atom stereocenters. The first-order valence-electron chi connectivity index (χ1n) is 5.07. The highest BCUT2D eigenvalue weighted by Crippen LogP contribution is 2.20. The summed E-state index contributed by atoms with van der Waals surface area (Å²) in [6, 6.07) is 3.02. The van der Waals surface area contributed by atoms with Crippen molar-refractivity contribution in [3.05, 3.63) is 34.4 Å². The average molecular weight is 277 g/mol. The summed E-state index contributed by atoms with van der Waals surface area (Å²) in [6.07, 6.45) is -7.59. The summed E-state index contributed by atoms with van der Waals surface area (Å²) in [4.78, 5) is 11.8. The maximum atomic E-state index is 12.9. The molecule has 0 saturated heterocycles. The number of fused-ring (bicyclic) bond motifs is 1. The van der Waals surface area contributed by atoms with Gasteiger partial charge in [0.1, 0.15) is 11.3 Å². The van der Waals surface area contributed by atoms with Crippen molar-refractivity contribution in [2.75, 3.05) is 0 Å². The molecule has 0 bridgehead atoms. The molecule has 1 atom stereocenters. The highest BCUT2D eigenvalue weighted by atomic mass is 19.4. The number of alkyl halides is 3. The van der Waals surface area contributed by atoms with Gasteiger partial charge >= 0.3 is 6.18 Å². The zero-order chi connectivity index (χ0) is 14.2. The van der Waals surface area contributed by atoms with Crippen LogP contribution in [-0.4, -0.2) is 32.4 Å². The Hall–Kier alpha value is -2.03. The van der Waals surface area contributed by atoms with Crippen molar-refractivity contribution in [2.24, 2.45) is 0 Å². The van der Waals surface area contributed by atoms with Crippen LogP contribution in [0.15, 0.2) is 23.0 Å². The van der Waals surface area contributed by atoms with Crippen LogP contribution < -0.4 is 5.56 Å². The maximum Gasteiger partial charge on any atom is 0.416 e. The average Bonchev–Trinajstić information content (AvgIpc) is 2.31. The van der Waals surface area contributed by atoms with E-state index in [1.54, 1.807) is 0 Å². The van der Waals surface area contributed by atoms with Gasteiger partial charge in [0.25, 0.3) is 5.56 Å². The Kier molecular flexibility index (Phi) is 3.23. The third-order valence-corrected chi connectivity index (χ3v) is 2.41. The molecule has 0 spiro atoms. The van der Waals surface area contributed by atoms with E-state index in [9.17, 15) is 22.4 Å². The van der Waals surface area contributed by atoms with E-state index in [4.69, 9.17) is 5.11 Å². The van der Waals surface area contributed by atoms with Crippen molar-refractivity contribution >= 4 is 10.9 Å². The van der Waals surface area contributed by atoms with E-state index in [0.29, 0.717) is 4.68 Å². The van der Waals surface area contributed by atoms with E-state index in [-0.39, 0.29) is 10.9 Å². The minimum atomic E-state index is -4.86. The first kappa shape index (κ1) is 13.4. The maximum absolute atomic E-state index is 12.9. The number of aromatic nitrogens is 3. The first-order chi connectivity index (χ1) is 8.79. The van der Waals surface area contributed by atoms with Gasteiger partial charge in [-0.1, -0.05) is 5.21 Å². The Balaban J connectivity index is 2.44. The van der Waals surface area contributed by atoms with Crippen LogP contribution >= 0.6 is 0 Å². The molecule has 0 amide bonds. The van der Waals surface area contributed by atoms with E-state index in [0.717, 1.165) is 18.2 Å². The molecule has 0 aliphatic rings. The topological polar surface area (TPSA) is 68.0 Å². The minimum Gasteiger partial charge on any atom is -0.382 e. The molecule has 19 heavy (non-hydrogen) atoms. The van der Waals surface area contributed by atoms with E-state index in [2.05, 4.69) is 10.3 Å². The van der Waals surface area contributed by atoms with Gasteiger partial charge in [0.15, 0.2) is 6.10 Å². The molecule has 1 aromatic heterocycles. The van der Waals surface area contributed by atoms with Gasteiger partial charge in [-0.2, -0.15) is 13.2 Å². The zero-order valence-corrected chi connectivity index (χ0v) is 9.23. The van der Waals surface area contributed by atoms with Gasteiger partial charge in [-0.05, 0) is 12.1 Å². The molecular weight excluding hydrogens is 270 g/mol. The SMILES string of the molecule is O=c1c2ccc(F)cc2nnn1CC(O)C(F)(F)F. The van der Waals surface area contributed by atoms with E-state index in [1.165, 1.54) is 0 Å². The monoisotopic (exact) mass is 277 g/mol. The number of aliphatic hydroxyl groups is 1. The molecule has 0 aliphatic heterocycles. The molecule has 1 aromatic carbocycles. The van der Waals surface area contributed by atoms with Crippen LogP contribution in [0.2, 0.25) is 0 Å². The molecule has 1 heterocycles. The normalized spacial score (nSPS) is 13.7. The number of benzene rings is 1. The van der Waals surface area contributed by atoms with Crippen LogP contribution in [0.5, 0.6) is 0 Å². The second kappa shape index (κ2) is 4.57. The summed E-state index contributed by atoms with van der Waals surface area (Å²) in [6.45, 7) is -1.07. The lowest BCUT2D eigenvalue weighted by Gasteiger charge is -2.14. The molecular formula is C10H7F4N3O2. The van der Waals surface area contributed by atoms with Crippen molar-refractivity contribution in [1.29, 1.82) is 0 Å². The predicted octanol–water partition coefficient (Wildman–Crippen LogP) is 0.854.